The Bertz CT molecular complexity index is 873. The highest BCUT2D eigenvalue weighted by molar-refractivity contribution is 6.32. The van der Waals surface area contributed by atoms with Crippen LogP contribution in [0.5, 0.6) is 17.2 Å². The lowest BCUT2D eigenvalue weighted by Crippen LogP contribution is -2.20. The van der Waals surface area contributed by atoms with E-state index >= 15 is 0 Å². The number of carbonyl (C=O) groups is 1. The van der Waals surface area contributed by atoms with Crippen LogP contribution in [0.1, 0.15) is 17.5 Å². The molecule has 2 aromatic carbocycles. The third-order valence-corrected chi connectivity index (χ3v) is 4.16. The molecule has 28 heavy (non-hydrogen) atoms. The van der Waals surface area contributed by atoms with Gasteiger partial charge in [-0.1, -0.05) is 29.8 Å². The molecule has 1 amide bonds. The molecule has 0 saturated carbocycles. The van der Waals surface area contributed by atoms with Gasteiger partial charge in [-0.25, -0.2) is 0 Å². The number of ether oxygens (including phenoxy) is 3. The fourth-order valence-corrected chi connectivity index (χ4v) is 2.91. The summed E-state index contributed by atoms with van der Waals surface area (Å²) in [5.41, 5.74) is 1.12. The largest absolute Gasteiger partial charge is 0.489 e. The van der Waals surface area contributed by atoms with Crippen molar-refractivity contribution in [3.8, 4) is 17.2 Å². The van der Waals surface area contributed by atoms with Crippen molar-refractivity contribution in [3.63, 3.8) is 0 Å². The van der Waals surface area contributed by atoms with E-state index in [1.807, 2.05) is 0 Å². The maximum atomic E-state index is 12.4. The summed E-state index contributed by atoms with van der Waals surface area (Å²) in [6.45, 7) is -1.66. The molecule has 8 heteroatoms. The Labute approximate surface area is 165 Å². The molecule has 1 aliphatic rings. The molecule has 1 heterocycles. The zero-order chi connectivity index (χ0) is 19.9. The predicted molar refractivity (Wildman–Crippen MR) is 101 cm³/mol. The number of carbonyl (C=O) groups excluding carboxylic acids is 1. The van der Waals surface area contributed by atoms with Crippen LogP contribution in [-0.2, 0) is 11.3 Å². The summed E-state index contributed by atoms with van der Waals surface area (Å²) in [7, 11) is 0. The number of hydrogen-bond donors (Lipinski definition) is 1. The van der Waals surface area contributed by atoms with Crippen molar-refractivity contribution in [2.45, 2.75) is 19.6 Å². The molecule has 2 aromatic rings. The molecule has 0 aromatic heterocycles. The van der Waals surface area contributed by atoms with Gasteiger partial charge in [0.2, 0.25) is 5.91 Å². The lowest BCUT2D eigenvalue weighted by Gasteiger charge is -2.12. The van der Waals surface area contributed by atoms with Gasteiger partial charge < -0.3 is 19.5 Å². The van der Waals surface area contributed by atoms with Crippen molar-refractivity contribution in [3.05, 3.63) is 58.6 Å². The minimum atomic E-state index is -2.94. The summed E-state index contributed by atoms with van der Waals surface area (Å²) in [6, 6.07) is 9.68. The molecule has 1 N–H and O–H groups in total. The summed E-state index contributed by atoms with van der Waals surface area (Å²) in [6.07, 6.45) is 3.42. The smallest absolute Gasteiger partial charge is 0.387 e. The lowest BCUT2D eigenvalue weighted by molar-refractivity contribution is -0.116. The Morgan fingerprint density at radius 2 is 2.04 bits per heavy atom. The second kappa shape index (κ2) is 9.41. The molecule has 0 unspecified atom stereocenters. The number of rotatable bonds is 6. The molecular formula is C20H18ClF2NO4. The van der Waals surface area contributed by atoms with E-state index in [1.165, 1.54) is 18.2 Å². The van der Waals surface area contributed by atoms with E-state index in [0.29, 0.717) is 35.3 Å². The fraction of sp³-hybridized carbons (Fsp3) is 0.250. The van der Waals surface area contributed by atoms with E-state index in [0.717, 1.165) is 12.0 Å². The topological polar surface area (TPSA) is 56.8 Å². The van der Waals surface area contributed by atoms with E-state index in [-0.39, 0.29) is 12.3 Å². The number of para-hydroxylation sites is 1. The first-order valence-corrected chi connectivity index (χ1v) is 8.98. The molecule has 0 saturated heterocycles. The molecule has 0 spiro atoms. The number of hydrogen-bond acceptors (Lipinski definition) is 4. The Balaban J connectivity index is 1.63. The van der Waals surface area contributed by atoms with Crippen LogP contribution in [0.4, 0.5) is 8.78 Å². The second-order valence-corrected chi connectivity index (χ2v) is 6.33. The highest BCUT2D eigenvalue weighted by Gasteiger charge is 2.15. The predicted octanol–water partition coefficient (Wildman–Crippen LogP) is 4.43. The second-order valence-electron chi connectivity index (χ2n) is 5.92. The first-order valence-electron chi connectivity index (χ1n) is 8.60. The third kappa shape index (κ3) is 5.36. The minimum absolute atomic E-state index is 0.00349. The number of halogens is 3. The molecule has 0 bridgehead atoms. The van der Waals surface area contributed by atoms with Gasteiger partial charge in [0, 0.05) is 24.6 Å². The molecular weight excluding hydrogens is 392 g/mol. The molecule has 0 fully saturated rings. The van der Waals surface area contributed by atoms with Crippen LogP contribution < -0.4 is 19.5 Å². The van der Waals surface area contributed by atoms with Crippen molar-refractivity contribution in [2.75, 3.05) is 13.2 Å². The number of fused-ring (bicyclic) bond motifs is 1. The van der Waals surface area contributed by atoms with E-state index in [2.05, 4.69) is 10.1 Å². The van der Waals surface area contributed by atoms with Gasteiger partial charge in [-0.05, 0) is 29.8 Å². The number of amides is 1. The monoisotopic (exact) mass is 409 g/mol. The van der Waals surface area contributed by atoms with Gasteiger partial charge in [0.05, 0.1) is 18.2 Å². The molecule has 1 aliphatic heterocycles. The van der Waals surface area contributed by atoms with Gasteiger partial charge in [0.15, 0.2) is 11.5 Å². The molecule has 3 rings (SSSR count). The Hall–Kier alpha value is -2.80. The Kier molecular flexibility index (Phi) is 6.71. The highest BCUT2D eigenvalue weighted by atomic mass is 35.5. The van der Waals surface area contributed by atoms with Gasteiger partial charge >= 0.3 is 6.61 Å². The molecule has 0 radical (unpaired) electrons. The van der Waals surface area contributed by atoms with E-state index in [9.17, 15) is 13.6 Å². The van der Waals surface area contributed by atoms with Gasteiger partial charge in [0.1, 0.15) is 5.75 Å². The van der Waals surface area contributed by atoms with Gasteiger partial charge in [-0.3, -0.25) is 4.79 Å². The summed E-state index contributed by atoms with van der Waals surface area (Å²) >= 11 is 6.23. The normalized spacial score (nSPS) is 13.4. The first kappa shape index (κ1) is 19.9. The Morgan fingerprint density at radius 1 is 1.25 bits per heavy atom. The molecule has 148 valence electrons. The third-order valence-electron chi connectivity index (χ3n) is 3.88. The summed E-state index contributed by atoms with van der Waals surface area (Å²) in [5.74, 6) is 0.652. The van der Waals surface area contributed by atoms with Crippen LogP contribution >= 0.6 is 11.6 Å². The van der Waals surface area contributed by atoms with Gasteiger partial charge in [-0.15, -0.1) is 0 Å². The zero-order valence-corrected chi connectivity index (χ0v) is 15.5. The van der Waals surface area contributed by atoms with E-state index in [4.69, 9.17) is 21.1 Å². The highest BCUT2D eigenvalue weighted by Crippen LogP contribution is 2.37. The quantitative estimate of drug-likeness (QED) is 0.717. The average molecular weight is 410 g/mol. The molecule has 0 atom stereocenters. The van der Waals surface area contributed by atoms with Crippen LogP contribution in [0, 0.1) is 0 Å². The standard InChI is InChI=1S/C20H18ClF2NO4/c21-15-10-13(11-17-19(15)27-9-3-8-26-17)12-24-18(25)7-6-14-4-1-2-5-16(14)28-20(22)23/h1-2,4-7,10-11,20H,3,8-9,12H2,(H,24,25)/b7-6+. The summed E-state index contributed by atoms with van der Waals surface area (Å²) < 4.78 is 40.5. The summed E-state index contributed by atoms with van der Waals surface area (Å²) in [4.78, 5) is 12.1. The zero-order valence-electron chi connectivity index (χ0n) is 14.8. The van der Waals surface area contributed by atoms with Crippen molar-refractivity contribution in [2.24, 2.45) is 0 Å². The van der Waals surface area contributed by atoms with Crippen LogP contribution in [0.25, 0.3) is 6.08 Å². The van der Waals surface area contributed by atoms with Gasteiger partial charge in [-0.2, -0.15) is 8.78 Å². The maximum Gasteiger partial charge on any atom is 0.387 e. The summed E-state index contributed by atoms with van der Waals surface area (Å²) in [5, 5.41) is 3.12. The van der Waals surface area contributed by atoms with Crippen LogP contribution in [0.15, 0.2) is 42.5 Å². The van der Waals surface area contributed by atoms with Crippen molar-refractivity contribution in [1.82, 2.24) is 5.32 Å². The van der Waals surface area contributed by atoms with Crippen molar-refractivity contribution >= 4 is 23.6 Å². The molecule has 5 nitrogen and oxygen atoms in total. The number of benzene rings is 2. The average Bonchev–Trinajstić information content (AvgIpc) is 2.91. The SMILES string of the molecule is O=C(/C=C/c1ccccc1OC(F)F)NCc1cc(Cl)c2c(c1)OCCCO2. The molecule has 0 aliphatic carbocycles. The van der Waals surface area contributed by atoms with Crippen molar-refractivity contribution < 1.29 is 27.8 Å². The number of alkyl halides is 2. The van der Waals surface area contributed by atoms with Gasteiger partial charge in [0.25, 0.3) is 0 Å². The fourth-order valence-electron chi connectivity index (χ4n) is 2.62. The first-order chi connectivity index (χ1) is 13.5. The van der Waals surface area contributed by atoms with Crippen LogP contribution in [-0.4, -0.2) is 25.7 Å². The van der Waals surface area contributed by atoms with E-state index in [1.54, 1.807) is 30.3 Å². The van der Waals surface area contributed by atoms with Crippen LogP contribution in [0.3, 0.4) is 0 Å². The van der Waals surface area contributed by atoms with Crippen LogP contribution in [0.2, 0.25) is 5.02 Å². The minimum Gasteiger partial charge on any atom is -0.489 e. The maximum absolute atomic E-state index is 12.4. The Morgan fingerprint density at radius 3 is 2.86 bits per heavy atom. The van der Waals surface area contributed by atoms with E-state index < -0.39 is 12.5 Å². The lowest BCUT2D eigenvalue weighted by atomic mass is 10.2. The van der Waals surface area contributed by atoms with Crippen molar-refractivity contribution in [1.29, 1.82) is 0 Å². The number of nitrogens with one attached hydrogen (secondary N) is 1.